The third-order valence-electron chi connectivity index (χ3n) is 3.64. The van der Waals surface area contributed by atoms with E-state index in [4.69, 9.17) is 0 Å². The van der Waals surface area contributed by atoms with Crippen molar-refractivity contribution < 1.29 is 4.79 Å². The summed E-state index contributed by atoms with van der Waals surface area (Å²) in [5, 5.41) is 1.22. The molecule has 0 radical (unpaired) electrons. The molecule has 0 aliphatic carbocycles. The van der Waals surface area contributed by atoms with Crippen LogP contribution in [0.1, 0.15) is 30.9 Å². The Morgan fingerprint density at radius 1 is 1.29 bits per heavy atom. The Kier molecular flexibility index (Phi) is 2.59. The van der Waals surface area contributed by atoms with Crippen molar-refractivity contribution in [3.05, 3.63) is 36.0 Å². The lowest BCUT2D eigenvalue weighted by Gasteiger charge is -2.33. The van der Waals surface area contributed by atoms with Crippen LogP contribution in [-0.4, -0.2) is 22.8 Å². The molecule has 1 aliphatic heterocycles. The van der Waals surface area contributed by atoms with Crippen molar-refractivity contribution in [3.63, 3.8) is 0 Å². The van der Waals surface area contributed by atoms with Crippen LogP contribution >= 0.6 is 0 Å². The van der Waals surface area contributed by atoms with Gasteiger partial charge in [0.05, 0.1) is 6.04 Å². The number of hydrogen-bond acceptors (Lipinski definition) is 1. The molecule has 1 saturated heterocycles. The van der Waals surface area contributed by atoms with E-state index >= 15 is 0 Å². The van der Waals surface area contributed by atoms with E-state index in [0.29, 0.717) is 0 Å². The van der Waals surface area contributed by atoms with Gasteiger partial charge in [-0.3, -0.25) is 4.79 Å². The van der Waals surface area contributed by atoms with E-state index in [1.165, 1.54) is 17.4 Å². The molecule has 2 heterocycles. The molecule has 1 fully saturated rings. The zero-order valence-electron chi connectivity index (χ0n) is 9.73. The van der Waals surface area contributed by atoms with E-state index in [0.717, 1.165) is 31.3 Å². The summed E-state index contributed by atoms with van der Waals surface area (Å²) < 4.78 is 0. The molecule has 1 aromatic heterocycles. The first kappa shape index (κ1) is 10.4. The summed E-state index contributed by atoms with van der Waals surface area (Å²) in [6.07, 6.45) is 6.36. The second-order valence-electron chi connectivity index (χ2n) is 4.68. The molecule has 88 valence electrons. The van der Waals surface area contributed by atoms with Crippen molar-refractivity contribution in [3.8, 4) is 0 Å². The number of rotatable bonds is 2. The van der Waals surface area contributed by atoms with Gasteiger partial charge in [0.15, 0.2) is 0 Å². The van der Waals surface area contributed by atoms with Crippen molar-refractivity contribution >= 4 is 17.3 Å². The van der Waals surface area contributed by atoms with E-state index in [9.17, 15) is 4.79 Å². The highest BCUT2D eigenvalue weighted by Gasteiger charge is 2.22. The average Bonchev–Trinajstić information content (AvgIpc) is 2.85. The van der Waals surface area contributed by atoms with Gasteiger partial charge in [-0.25, -0.2) is 0 Å². The van der Waals surface area contributed by atoms with Crippen LogP contribution in [0, 0.1) is 0 Å². The van der Waals surface area contributed by atoms with E-state index in [1.54, 1.807) is 0 Å². The predicted molar refractivity (Wildman–Crippen MR) is 67.7 cm³/mol. The van der Waals surface area contributed by atoms with E-state index in [2.05, 4.69) is 29.2 Å². The lowest BCUT2D eigenvalue weighted by atomic mass is 9.95. The predicted octanol–water partition coefficient (Wildman–Crippen LogP) is 2.85. The fourth-order valence-corrected chi connectivity index (χ4v) is 2.72. The molecule has 1 atom stereocenters. The van der Waals surface area contributed by atoms with Crippen LogP contribution in [0.4, 0.5) is 0 Å². The van der Waals surface area contributed by atoms with Gasteiger partial charge in [-0.2, -0.15) is 0 Å². The number of amides is 1. The minimum absolute atomic E-state index is 0.264. The lowest BCUT2D eigenvalue weighted by Crippen LogP contribution is -2.32. The monoisotopic (exact) mass is 228 g/mol. The molecule has 2 aromatic rings. The number of carbonyl (C=O) groups is 1. The van der Waals surface area contributed by atoms with Gasteiger partial charge in [0.25, 0.3) is 0 Å². The number of H-pyrrole nitrogens is 1. The third kappa shape index (κ3) is 1.82. The SMILES string of the molecule is O=CN1CCCC[C@H]1c1ccc2[nH]ccc2c1. The molecular formula is C14H16N2O. The molecule has 3 rings (SSSR count). The molecule has 1 aliphatic rings. The van der Waals surface area contributed by atoms with Gasteiger partial charge in [0, 0.05) is 18.3 Å². The van der Waals surface area contributed by atoms with E-state index < -0.39 is 0 Å². The summed E-state index contributed by atoms with van der Waals surface area (Å²) in [5.41, 5.74) is 2.41. The molecule has 0 saturated carbocycles. The fraction of sp³-hybridized carbons (Fsp3) is 0.357. The van der Waals surface area contributed by atoms with Crippen molar-refractivity contribution in [2.75, 3.05) is 6.54 Å². The van der Waals surface area contributed by atoms with Gasteiger partial charge in [-0.15, -0.1) is 0 Å². The standard InChI is InChI=1S/C14H16N2O/c17-10-16-8-2-1-3-14(16)12-4-5-13-11(9-12)6-7-15-13/h4-7,9-10,14-15H,1-3,8H2/t14-/m0/s1. The number of aromatic nitrogens is 1. The fourth-order valence-electron chi connectivity index (χ4n) is 2.72. The quantitative estimate of drug-likeness (QED) is 0.788. The summed E-state index contributed by atoms with van der Waals surface area (Å²) >= 11 is 0. The first-order valence-corrected chi connectivity index (χ1v) is 6.16. The normalized spacial score (nSPS) is 20.7. The summed E-state index contributed by atoms with van der Waals surface area (Å²) in [4.78, 5) is 16.2. The number of likely N-dealkylation sites (tertiary alicyclic amines) is 1. The Morgan fingerprint density at radius 3 is 3.12 bits per heavy atom. The molecule has 3 heteroatoms. The lowest BCUT2D eigenvalue weighted by molar-refractivity contribution is -0.121. The van der Waals surface area contributed by atoms with Gasteiger partial charge in [0.2, 0.25) is 6.41 Å². The van der Waals surface area contributed by atoms with Crippen LogP contribution < -0.4 is 0 Å². The molecule has 0 spiro atoms. The molecule has 3 nitrogen and oxygen atoms in total. The number of piperidine rings is 1. The number of carbonyl (C=O) groups excluding carboxylic acids is 1. The molecule has 17 heavy (non-hydrogen) atoms. The molecular weight excluding hydrogens is 212 g/mol. The van der Waals surface area contributed by atoms with Crippen molar-refractivity contribution in [2.24, 2.45) is 0 Å². The highest BCUT2D eigenvalue weighted by atomic mass is 16.1. The maximum Gasteiger partial charge on any atom is 0.210 e. The zero-order chi connectivity index (χ0) is 11.7. The minimum atomic E-state index is 0.264. The highest BCUT2D eigenvalue weighted by Crippen LogP contribution is 2.31. The topological polar surface area (TPSA) is 36.1 Å². The van der Waals surface area contributed by atoms with Crippen molar-refractivity contribution in [1.82, 2.24) is 9.88 Å². The van der Waals surface area contributed by atoms with Gasteiger partial charge < -0.3 is 9.88 Å². The highest BCUT2D eigenvalue weighted by molar-refractivity contribution is 5.80. The van der Waals surface area contributed by atoms with E-state index in [-0.39, 0.29) is 6.04 Å². The number of nitrogens with one attached hydrogen (secondary N) is 1. The van der Waals surface area contributed by atoms with Gasteiger partial charge >= 0.3 is 0 Å². The molecule has 0 bridgehead atoms. The largest absolute Gasteiger partial charge is 0.361 e. The van der Waals surface area contributed by atoms with E-state index in [1.807, 2.05) is 11.1 Å². The Labute approximate surface area is 100 Å². The average molecular weight is 228 g/mol. The summed E-state index contributed by atoms with van der Waals surface area (Å²) in [6.45, 7) is 0.888. The van der Waals surface area contributed by atoms with Gasteiger partial charge in [-0.1, -0.05) is 6.07 Å². The maximum atomic E-state index is 11.1. The summed E-state index contributed by atoms with van der Waals surface area (Å²) in [6, 6.07) is 8.76. The molecule has 1 N–H and O–H groups in total. The second-order valence-corrected chi connectivity index (χ2v) is 4.68. The maximum absolute atomic E-state index is 11.1. The van der Waals surface area contributed by atoms with Crippen LogP contribution in [0.5, 0.6) is 0 Å². The Bertz CT molecular complexity index is 532. The summed E-state index contributed by atoms with van der Waals surface area (Å²) in [5.74, 6) is 0. The zero-order valence-corrected chi connectivity index (χ0v) is 9.73. The number of hydrogen-bond donors (Lipinski definition) is 1. The molecule has 0 unspecified atom stereocenters. The third-order valence-corrected chi connectivity index (χ3v) is 3.64. The first-order valence-electron chi connectivity index (χ1n) is 6.16. The van der Waals surface area contributed by atoms with Crippen molar-refractivity contribution in [1.29, 1.82) is 0 Å². The second kappa shape index (κ2) is 4.24. The molecule has 1 amide bonds. The van der Waals surface area contributed by atoms with Crippen LogP contribution in [0.15, 0.2) is 30.5 Å². The van der Waals surface area contributed by atoms with Crippen molar-refractivity contribution in [2.45, 2.75) is 25.3 Å². The molecule has 1 aromatic carbocycles. The number of fused-ring (bicyclic) bond motifs is 1. The Balaban J connectivity index is 1.97. The van der Waals surface area contributed by atoms with Crippen LogP contribution in [0.2, 0.25) is 0 Å². The number of nitrogens with zero attached hydrogens (tertiary/aromatic N) is 1. The van der Waals surface area contributed by atoms with Crippen LogP contribution in [0.25, 0.3) is 10.9 Å². The van der Waals surface area contributed by atoms with Crippen LogP contribution in [-0.2, 0) is 4.79 Å². The van der Waals surface area contributed by atoms with Gasteiger partial charge in [0.1, 0.15) is 0 Å². The Hall–Kier alpha value is -1.77. The van der Waals surface area contributed by atoms with Crippen LogP contribution in [0.3, 0.4) is 0 Å². The Morgan fingerprint density at radius 2 is 2.24 bits per heavy atom. The first-order chi connectivity index (χ1) is 8.38. The van der Waals surface area contributed by atoms with Gasteiger partial charge in [-0.05, 0) is 48.4 Å². The summed E-state index contributed by atoms with van der Waals surface area (Å²) in [7, 11) is 0. The number of aromatic amines is 1. The minimum Gasteiger partial charge on any atom is -0.361 e. The smallest absolute Gasteiger partial charge is 0.210 e. The number of benzene rings is 1.